The Hall–Kier alpha value is -2.67. The summed E-state index contributed by atoms with van der Waals surface area (Å²) < 4.78 is 3.04. The summed E-state index contributed by atoms with van der Waals surface area (Å²) >= 11 is 9.32. The van der Waals surface area contributed by atoms with E-state index in [1.165, 1.54) is 11.3 Å². The molecule has 1 aromatic heterocycles. The summed E-state index contributed by atoms with van der Waals surface area (Å²) in [6.45, 7) is 0.749. The number of halogens is 1. The fourth-order valence-corrected chi connectivity index (χ4v) is 4.90. The van der Waals surface area contributed by atoms with E-state index < -0.39 is 0 Å². The van der Waals surface area contributed by atoms with E-state index in [0.717, 1.165) is 22.5 Å². The van der Waals surface area contributed by atoms with Crippen molar-refractivity contribution in [3.8, 4) is 0 Å². The normalized spacial score (nSPS) is 11.7. The summed E-state index contributed by atoms with van der Waals surface area (Å²) in [4.78, 5) is 30.4. The molecule has 0 aliphatic rings. The van der Waals surface area contributed by atoms with E-state index in [9.17, 15) is 9.59 Å². The maximum Gasteiger partial charge on any atom is 0.279 e. The second-order valence-electron chi connectivity index (χ2n) is 6.83. The van der Waals surface area contributed by atoms with Gasteiger partial charge in [0.25, 0.3) is 5.91 Å². The van der Waals surface area contributed by atoms with Crippen LogP contribution in [-0.4, -0.2) is 28.3 Å². The average molecular weight is 467 g/mol. The molecule has 0 aliphatic heterocycles. The number of hydrogen-bond donors (Lipinski definition) is 0. The van der Waals surface area contributed by atoms with Crippen molar-refractivity contribution in [2.75, 3.05) is 12.0 Å². The Morgan fingerprint density at radius 2 is 1.65 bits per heavy atom. The van der Waals surface area contributed by atoms with E-state index in [4.69, 9.17) is 11.6 Å². The molecule has 156 valence electrons. The second-order valence-corrected chi connectivity index (χ2v) is 9.26. The minimum absolute atomic E-state index is 0.0761. The SMILES string of the molecule is CSCCn1c(=NC(=O)c2ccc(C(=O)c3ccccc3)cc2)sc2cc(Cl)ccc21. The third-order valence-electron chi connectivity index (χ3n) is 4.79. The Kier molecular flexibility index (Phi) is 6.70. The molecule has 0 unspecified atom stereocenters. The minimum Gasteiger partial charge on any atom is -0.316 e. The molecule has 0 saturated heterocycles. The van der Waals surface area contributed by atoms with E-state index in [1.807, 2.05) is 42.7 Å². The van der Waals surface area contributed by atoms with Crippen molar-refractivity contribution in [1.82, 2.24) is 4.57 Å². The number of carbonyl (C=O) groups is 2. The number of thioether (sulfide) groups is 1. The van der Waals surface area contributed by atoms with Crippen LogP contribution in [0.15, 0.2) is 77.8 Å². The van der Waals surface area contributed by atoms with Crippen LogP contribution in [0.3, 0.4) is 0 Å². The number of aromatic nitrogens is 1. The molecule has 4 rings (SSSR count). The lowest BCUT2D eigenvalue weighted by molar-refractivity contribution is 0.0994. The average Bonchev–Trinajstić information content (AvgIpc) is 3.13. The van der Waals surface area contributed by atoms with Gasteiger partial charge in [-0.05, 0) is 36.6 Å². The molecule has 0 spiro atoms. The molecule has 3 aromatic carbocycles. The van der Waals surface area contributed by atoms with Gasteiger partial charge in [-0.1, -0.05) is 65.4 Å². The summed E-state index contributed by atoms with van der Waals surface area (Å²) in [6, 6.07) is 21.4. The van der Waals surface area contributed by atoms with Crippen molar-refractivity contribution >= 4 is 56.6 Å². The van der Waals surface area contributed by atoms with Crippen molar-refractivity contribution < 1.29 is 9.59 Å². The lowest BCUT2D eigenvalue weighted by atomic mass is 10.0. The molecular weight excluding hydrogens is 448 g/mol. The first-order chi connectivity index (χ1) is 15.1. The Labute approximate surface area is 193 Å². The molecular formula is C24H19ClN2O2S2. The van der Waals surface area contributed by atoms with Gasteiger partial charge in [0.2, 0.25) is 0 Å². The number of fused-ring (bicyclic) bond motifs is 1. The minimum atomic E-state index is -0.339. The number of amides is 1. The molecule has 0 bridgehead atoms. The highest BCUT2D eigenvalue weighted by Gasteiger charge is 2.12. The number of benzene rings is 3. The number of aryl methyl sites for hydroxylation is 1. The van der Waals surface area contributed by atoms with Crippen LogP contribution in [0.1, 0.15) is 26.3 Å². The first-order valence-electron chi connectivity index (χ1n) is 9.63. The van der Waals surface area contributed by atoms with Crippen LogP contribution in [-0.2, 0) is 6.54 Å². The summed E-state index contributed by atoms with van der Waals surface area (Å²) in [5, 5.41) is 0.655. The lowest BCUT2D eigenvalue weighted by Gasteiger charge is -2.04. The van der Waals surface area contributed by atoms with Gasteiger partial charge >= 0.3 is 0 Å². The standard InChI is InChI=1S/C24H19ClN2O2S2/c1-30-14-13-27-20-12-11-19(25)15-21(20)31-24(27)26-23(29)18-9-7-17(8-10-18)22(28)16-5-3-2-4-6-16/h2-12,15H,13-14H2,1H3. The molecule has 0 saturated carbocycles. The van der Waals surface area contributed by atoms with Crippen LogP contribution in [0.25, 0.3) is 10.2 Å². The van der Waals surface area contributed by atoms with Crippen LogP contribution >= 0.6 is 34.7 Å². The summed E-state index contributed by atoms with van der Waals surface area (Å²) in [6.07, 6.45) is 2.05. The molecule has 1 heterocycles. The van der Waals surface area contributed by atoms with Gasteiger partial charge in [0.15, 0.2) is 10.6 Å². The van der Waals surface area contributed by atoms with E-state index >= 15 is 0 Å². The Morgan fingerprint density at radius 1 is 0.968 bits per heavy atom. The highest BCUT2D eigenvalue weighted by atomic mass is 35.5. The third-order valence-corrected chi connectivity index (χ3v) is 6.66. The number of rotatable bonds is 6. The van der Waals surface area contributed by atoms with Gasteiger partial charge in [-0.25, -0.2) is 0 Å². The molecule has 31 heavy (non-hydrogen) atoms. The van der Waals surface area contributed by atoms with E-state index in [1.54, 1.807) is 48.2 Å². The summed E-state index contributed by atoms with van der Waals surface area (Å²) in [7, 11) is 0. The van der Waals surface area contributed by atoms with E-state index in [-0.39, 0.29) is 11.7 Å². The Balaban J connectivity index is 1.65. The third kappa shape index (κ3) is 4.82. The number of thiazole rings is 1. The first kappa shape index (κ1) is 21.6. The molecule has 0 fully saturated rings. The predicted octanol–water partition coefficient (Wildman–Crippen LogP) is 5.69. The molecule has 1 amide bonds. The van der Waals surface area contributed by atoms with Crippen LogP contribution < -0.4 is 4.80 Å². The summed E-state index contributed by atoms with van der Waals surface area (Å²) in [5.74, 6) is 0.494. The first-order valence-corrected chi connectivity index (χ1v) is 12.2. The molecule has 0 radical (unpaired) electrons. The van der Waals surface area contributed by atoms with Crippen molar-refractivity contribution in [1.29, 1.82) is 0 Å². The van der Waals surface area contributed by atoms with Crippen molar-refractivity contribution in [3.63, 3.8) is 0 Å². The van der Waals surface area contributed by atoms with Gasteiger partial charge in [0, 0.05) is 34.0 Å². The zero-order valence-electron chi connectivity index (χ0n) is 16.7. The van der Waals surface area contributed by atoms with Gasteiger partial charge in [0.05, 0.1) is 10.2 Å². The molecule has 0 atom stereocenters. The Morgan fingerprint density at radius 3 is 2.35 bits per heavy atom. The molecule has 4 aromatic rings. The smallest absolute Gasteiger partial charge is 0.279 e. The predicted molar refractivity (Wildman–Crippen MR) is 129 cm³/mol. The monoisotopic (exact) mass is 466 g/mol. The highest BCUT2D eigenvalue weighted by molar-refractivity contribution is 7.98. The number of hydrogen-bond acceptors (Lipinski definition) is 4. The van der Waals surface area contributed by atoms with Gasteiger partial charge in [0.1, 0.15) is 0 Å². The van der Waals surface area contributed by atoms with E-state index in [0.29, 0.717) is 26.5 Å². The number of ketones is 1. The summed E-state index contributed by atoms with van der Waals surface area (Å²) in [5.41, 5.74) is 2.61. The molecule has 0 N–H and O–H groups in total. The van der Waals surface area contributed by atoms with Crippen LogP contribution in [0, 0.1) is 0 Å². The largest absolute Gasteiger partial charge is 0.316 e. The zero-order valence-corrected chi connectivity index (χ0v) is 19.1. The zero-order chi connectivity index (χ0) is 21.8. The fourth-order valence-electron chi connectivity index (χ4n) is 3.20. The van der Waals surface area contributed by atoms with Crippen LogP contribution in [0.2, 0.25) is 5.02 Å². The number of carbonyl (C=O) groups excluding carboxylic acids is 2. The van der Waals surface area contributed by atoms with Gasteiger partial charge in [-0.3, -0.25) is 9.59 Å². The maximum absolute atomic E-state index is 12.8. The fraction of sp³-hybridized carbons (Fsp3) is 0.125. The quantitative estimate of drug-likeness (QED) is 0.343. The van der Waals surface area contributed by atoms with Crippen LogP contribution in [0.4, 0.5) is 0 Å². The topological polar surface area (TPSA) is 51.4 Å². The van der Waals surface area contributed by atoms with Crippen molar-refractivity contribution in [2.45, 2.75) is 6.54 Å². The lowest BCUT2D eigenvalue weighted by Crippen LogP contribution is -2.18. The molecule has 0 aliphatic carbocycles. The van der Waals surface area contributed by atoms with Gasteiger partial charge in [-0.2, -0.15) is 16.8 Å². The number of nitrogens with zero attached hydrogens (tertiary/aromatic N) is 2. The van der Waals surface area contributed by atoms with Gasteiger partial charge in [-0.15, -0.1) is 0 Å². The molecule has 7 heteroatoms. The second kappa shape index (κ2) is 9.64. The van der Waals surface area contributed by atoms with Crippen LogP contribution in [0.5, 0.6) is 0 Å². The maximum atomic E-state index is 12.8. The van der Waals surface area contributed by atoms with Crippen molar-refractivity contribution in [3.05, 3.63) is 99.3 Å². The highest BCUT2D eigenvalue weighted by Crippen LogP contribution is 2.22. The van der Waals surface area contributed by atoms with E-state index in [2.05, 4.69) is 9.56 Å². The Bertz CT molecular complexity index is 1310. The van der Waals surface area contributed by atoms with Gasteiger partial charge < -0.3 is 4.57 Å². The molecule has 4 nitrogen and oxygen atoms in total. The van der Waals surface area contributed by atoms with Crippen molar-refractivity contribution in [2.24, 2.45) is 4.99 Å².